The van der Waals surface area contributed by atoms with Crippen LogP contribution in [0.1, 0.15) is 17.0 Å². The third-order valence-corrected chi connectivity index (χ3v) is 3.18. The zero-order valence-corrected chi connectivity index (χ0v) is 11.2. The minimum Gasteiger partial charge on any atom is -0.309 e. The molecule has 1 nitrogen and oxygen atoms in total. The van der Waals surface area contributed by atoms with Crippen molar-refractivity contribution in [3.8, 4) is 0 Å². The van der Waals surface area contributed by atoms with E-state index in [4.69, 9.17) is 0 Å². The number of benzene rings is 2. The molecule has 2 aromatic carbocycles. The molecule has 0 heterocycles. The Bertz CT molecular complexity index is 448. The smallest absolute Gasteiger partial charge is 0.00474 e. The predicted molar refractivity (Wildman–Crippen MR) is 77.9 cm³/mol. The molecule has 0 saturated carbocycles. The van der Waals surface area contributed by atoms with Crippen molar-refractivity contribution in [3.05, 3.63) is 71.8 Å². The third kappa shape index (κ3) is 3.71. The molecule has 0 amide bonds. The summed E-state index contributed by atoms with van der Waals surface area (Å²) in [6.45, 7) is 1.08. The Morgan fingerprint density at radius 3 is 1.94 bits per heavy atom. The summed E-state index contributed by atoms with van der Waals surface area (Å²) >= 11 is 0. The SMILES string of the molecule is CN(C)C[C@@H](Cc1ccccc1)c1ccccc1. The molecule has 0 radical (unpaired) electrons. The van der Waals surface area contributed by atoms with Crippen LogP contribution in [0, 0.1) is 0 Å². The van der Waals surface area contributed by atoms with Crippen molar-refractivity contribution in [2.24, 2.45) is 0 Å². The standard InChI is InChI=1S/C17H21N/c1-18(2)14-17(16-11-7-4-8-12-16)13-15-9-5-3-6-10-15/h3-12,17H,13-14H2,1-2H3/t17-/m1/s1. The highest BCUT2D eigenvalue weighted by atomic mass is 15.1. The van der Waals surface area contributed by atoms with Crippen LogP contribution in [0.2, 0.25) is 0 Å². The van der Waals surface area contributed by atoms with Crippen molar-refractivity contribution in [2.75, 3.05) is 20.6 Å². The van der Waals surface area contributed by atoms with Crippen molar-refractivity contribution in [1.82, 2.24) is 4.90 Å². The summed E-state index contributed by atoms with van der Waals surface area (Å²) in [6.07, 6.45) is 1.10. The van der Waals surface area contributed by atoms with E-state index in [2.05, 4.69) is 79.7 Å². The molecule has 2 rings (SSSR count). The molecule has 0 aliphatic rings. The fourth-order valence-electron chi connectivity index (χ4n) is 2.35. The molecular weight excluding hydrogens is 218 g/mol. The van der Waals surface area contributed by atoms with Gasteiger partial charge in [0.2, 0.25) is 0 Å². The highest BCUT2D eigenvalue weighted by molar-refractivity contribution is 5.24. The first-order chi connectivity index (χ1) is 8.75. The summed E-state index contributed by atoms with van der Waals surface area (Å²) in [4.78, 5) is 2.26. The lowest BCUT2D eigenvalue weighted by molar-refractivity contribution is 0.371. The van der Waals surface area contributed by atoms with E-state index < -0.39 is 0 Å². The van der Waals surface area contributed by atoms with Crippen LogP contribution >= 0.6 is 0 Å². The fourth-order valence-corrected chi connectivity index (χ4v) is 2.35. The largest absolute Gasteiger partial charge is 0.309 e. The Balaban J connectivity index is 2.16. The van der Waals surface area contributed by atoms with Gasteiger partial charge in [0.15, 0.2) is 0 Å². The van der Waals surface area contributed by atoms with Gasteiger partial charge in [-0.25, -0.2) is 0 Å². The molecule has 0 fully saturated rings. The molecule has 0 spiro atoms. The lowest BCUT2D eigenvalue weighted by Crippen LogP contribution is -2.21. The van der Waals surface area contributed by atoms with Crippen LogP contribution in [-0.2, 0) is 6.42 Å². The number of likely N-dealkylation sites (N-methyl/N-ethyl adjacent to an activating group) is 1. The van der Waals surface area contributed by atoms with Gasteiger partial charge in [0.05, 0.1) is 0 Å². The second kappa shape index (κ2) is 6.36. The van der Waals surface area contributed by atoms with Crippen LogP contribution in [-0.4, -0.2) is 25.5 Å². The van der Waals surface area contributed by atoms with Crippen molar-refractivity contribution in [2.45, 2.75) is 12.3 Å². The topological polar surface area (TPSA) is 3.24 Å². The van der Waals surface area contributed by atoms with E-state index in [-0.39, 0.29) is 0 Å². The molecule has 0 aliphatic carbocycles. The average molecular weight is 239 g/mol. The molecule has 0 unspecified atom stereocenters. The van der Waals surface area contributed by atoms with Gasteiger partial charge in [-0.1, -0.05) is 60.7 Å². The van der Waals surface area contributed by atoms with Crippen LogP contribution in [0.4, 0.5) is 0 Å². The summed E-state index contributed by atoms with van der Waals surface area (Å²) < 4.78 is 0. The predicted octanol–water partition coefficient (Wildman–Crippen LogP) is 3.57. The maximum absolute atomic E-state index is 2.26. The monoisotopic (exact) mass is 239 g/mol. The molecule has 0 aromatic heterocycles. The number of hydrogen-bond acceptors (Lipinski definition) is 1. The van der Waals surface area contributed by atoms with E-state index in [1.165, 1.54) is 11.1 Å². The van der Waals surface area contributed by atoms with Gasteiger partial charge >= 0.3 is 0 Å². The maximum atomic E-state index is 2.26. The van der Waals surface area contributed by atoms with E-state index in [0.29, 0.717) is 5.92 Å². The van der Waals surface area contributed by atoms with Crippen molar-refractivity contribution >= 4 is 0 Å². The van der Waals surface area contributed by atoms with Crippen molar-refractivity contribution in [3.63, 3.8) is 0 Å². The molecule has 1 heteroatoms. The first kappa shape index (κ1) is 12.8. The Morgan fingerprint density at radius 2 is 1.39 bits per heavy atom. The van der Waals surface area contributed by atoms with Crippen molar-refractivity contribution < 1.29 is 0 Å². The second-order valence-electron chi connectivity index (χ2n) is 5.06. The van der Waals surface area contributed by atoms with Gasteiger partial charge in [-0.15, -0.1) is 0 Å². The quantitative estimate of drug-likeness (QED) is 0.771. The Kier molecular flexibility index (Phi) is 4.54. The highest BCUT2D eigenvalue weighted by Gasteiger charge is 2.12. The summed E-state index contributed by atoms with van der Waals surface area (Å²) in [6, 6.07) is 21.5. The van der Waals surface area contributed by atoms with Gasteiger partial charge < -0.3 is 4.90 Å². The Morgan fingerprint density at radius 1 is 0.833 bits per heavy atom. The van der Waals surface area contributed by atoms with Gasteiger partial charge in [-0.2, -0.15) is 0 Å². The number of nitrogens with zero attached hydrogens (tertiary/aromatic N) is 1. The van der Waals surface area contributed by atoms with E-state index in [0.717, 1.165) is 13.0 Å². The summed E-state index contributed by atoms with van der Waals surface area (Å²) in [5.74, 6) is 0.559. The zero-order valence-electron chi connectivity index (χ0n) is 11.2. The van der Waals surface area contributed by atoms with Crippen LogP contribution in [0.25, 0.3) is 0 Å². The molecule has 0 N–H and O–H groups in total. The van der Waals surface area contributed by atoms with Gasteiger partial charge in [0, 0.05) is 12.5 Å². The van der Waals surface area contributed by atoms with Gasteiger partial charge in [-0.3, -0.25) is 0 Å². The third-order valence-electron chi connectivity index (χ3n) is 3.18. The Hall–Kier alpha value is -1.60. The van der Waals surface area contributed by atoms with Crippen molar-refractivity contribution in [1.29, 1.82) is 0 Å². The van der Waals surface area contributed by atoms with Crippen LogP contribution < -0.4 is 0 Å². The minimum atomic E-state index is 0.559. The molecular formula is C17H21N. The molecule has 0 bridgehead atoms. The van der Waals surface area contributed by atoms with Crippen LogP contribution in [0.5, 0.6) is 0 Å². The summed E-state index contributed by atoms with van der Waals surface area (Å²) in [7, 11) is 4.28. The first-order valence-electron chi connectivity index (χ1n) is 6.49. The molecule has 94 valence electrons. The molecule has 1 atom stereocenters. The lowest BCUT2D eigenvalue weighted by atomic mass is 9.91. The van der Waals surface area contributed by atoms with Gasteiger partial charge in [0.1, 0.15) is 0 Å². The van der Waals surface area contributed by atoms with E-state index in [1.54, 1.807) is 0 Å². The molecule has 2 aromatic rings. The average Bonchev–Trinajstić information content (AvgIpc) is 2.40. The van der Waals surface area contributed by atoms with Crippen LogP contribution in [0.3, 0.4) is 0 Å². The first-order valence-corrected chi connectivity index (χ1v) is 6.49. The second-order valence-corrected chi connectivity index (χ2v) is 5.06. The Labute approximate surface area is 110 Å². The number of rotatable bonds is 5. The fraction of sp³-hybridized carbons (Fsp3) is 0.294. The van der Waals surface area contributed by atoms with Gasteiger partial charge in [0.25, 0.3) is 0 Å². The molecule has 18 heavy (non-hydrogen) atoms. The van der Waals surface area contributed by atoms with Gasteiger partial charge in [-0.05, 0) is 31.6 Å². The summed E-state index contributed by atoms with van der Waals surface area (Å²) in [5, 5.41) is 0. The summed E-state index contributed by atoms with van der Waals surface area (Å²) in [5.41, 5.74) is 2.84. The zero-order chi connectivity index (χ0) is 12.8. The van der Waals surface area contributed by atoms with Crippen LogP contribution in [0.15, 0.2) is 60.7 Å². The van der Waals surface area contributed by atoms with E-state index in [9.17, 15) is 0 Å². The number of hydrogen-bond donors (Lipinski definition) is 0. The van der Waals surface area contributed by atoms with E-state index >= 15 is 0 Å². The molecule has 0 saturated heterocycles. The highest BCUT2D eigenvalue weighted by Crippen LogP contribution is 2.21. The minimum absolute atomic E-state index is 0.559. The van der Waals surface area contributed by atoms with E-state index in [1.807, 2.05) is 0 Å². The molecule has 0 aliphatic heterocycles. The maximum Gasteiger partial charge on any atom is 0.00474 e. The lowest BCUT2D eigenvalue weighted by Gasteiger charge is -2.21. The normalized spacial score (nSPS) is 12.6.